The Kier molecular flexibility index (Phi) is 5.54. The minimum atomic E-state index is -0.0333. The second-order valence-corrected chi connectivity index (χ2v) is 7.64. The predicted molar refractivity (Wildman–Crippen MR) is 104 cm³/mol. The van der Waals surface area contributed by atoms with E-state index in [1.165, 1.54) is 11.3 Å². The molecule has 1 saturated heterocycles. The van der Waals surface area contributed by atoms with Crippen LogP contribution in [0, 0.1) is 11.8 Å². The second-order valence-electron chi connectivity index (χ2n) is 7.64. The van der Waals surface area contributed by atoms with E-state index in [0.29, 0.717) is 11.8 Å². The summed E-state index contributed by atoms with van der Waals surface area (Å²) in [4.78, 5) is 14.3. The Balaban J connectivity index is 1.75. The lowest BCUT2D eigenvalue weighted by molar-refractivity contribution is -0.925. The summed E-state index contributed by atoms with van der Waals surface area (Å²) in [7, 11) is 0. The van der Waals surface area contributed by atoms with Gasteiger partial charge in [-0.2, -0.15) is 0 Å². The molecule has 3 nitrogen and oxygen atoms in total. The number of hydrogen-bond acceptors (Lipinski definition) is 1. The molecule has 1 heterocycles. The summed E-state index contributed by atoms with van der Waals surface area (Å²) in [5.74, 6) is 1.48. The van der Waals surface area contributed by atoms with Gasteiger partial charge in [0.25, 0.3) is 5.91 Å². The van der Waals surface area contributed by atoms with Gasteiger partial charge in [0.1, 0.15) is 0 Å². The van der Waals surface area contributed by atoms with E-state index in [1.54, 1.807) is 0 Å². The molecule has 0 aliphatic carbocycles. The maximum Gasteiger partial charge on any atom is 0.282 e. The number of amides is 1. The average molecular weight is 337 g/mol. The third kappa shape index (κ3) is 4.29. The average Bonchev–Trinajstić information content (AvgIpc) is 2.61. The lowest BCUT2D eigenvalue weighted by Crippen LogP contribution is -3.18. The van der Waals surface area contributed by atoms with Crippen LogP contribution in [0.5, 0.6) is 0 Å². The highest BCUT2D eigenvalue weighted by molar-refractivity contribution is 5.97. The minimum absolute atomic E-state index is 0.0333. The highest BCUT2D eigenvalue weighted by atomic mass is 16.2. The van der Waals surface area contributed by atoms with E-state index < -0.39 is 0 Å². The van der Waals surface area contributed by atoms with Crippen molar-refractivity contribution in [3.8, 4) is 11.1 Å². The summed E-state index contributed by atoms with van der Waals surface area (Å²) in [6.07, 6.45) is 1.27. The number of para-hydroxylation sites is 1. The van der Waals surface area contributed by atoms with Gasteiger partial charge in [-0.15, -0.1) is 0 Å². The smallest absolute Gasteiger partial charge is 0.282 e. The third-order valence-corrected chi connectivity index (χ3v) is 5.30. The van der Waals surface area contributed by atoms with Crippen LogP contribution < -0.4 is 10.2 Å². The molecule has 0 bridgehead atoms. The molecule has 0 spiro atoms. The van der Waals surface area contributed by atoms with Crippen LogP contribution in [0.4, 0.5) is 5.69 Å². The number of nitrogens with one attached hydrogen (secondary N) is 2. The molecule has 0 unspecified atom stereocenters. The predicted octanol–water partition coefficient (Wildman–Crippen LogP) is 3.24. The summed E-state index contributed by atoms with van der Waals surface area (Å²) in [5.41, 5.74) is 3.08. The number of carbonyl (C=O) groups is 1. The molecule has 2 aromatic carbocycles. The van der Waals surface area contributed by atoms with Gasteiger partial charge in [0.05, 0.1) is 13.1 Å². The number of quaternary nitrogens is 1. The standard InChI is InChI=1S/C22H28N2O/c1-16-13-17(2)15-24(14-16)18(3)22(25)23-21-12-8-7-11-20(21)19-9-5-4-6-10-19/h4-12,16-18H,13-15H2,1-3H3,(H,23,25)/p+1/t16-,17-,18+/m1/s1. The van der Waals surface area contributed by atoms with Crippen LogP contribution in [-0.4, -0.2) is 25.0 Å². The van der Waals surface area contributed by atoms with Crippen molar-refractivity contribution < 1.29 is 9.69 Å². The molecule has 3 heteroatoms. The molecule has 0 saturated carbocycles. The van der Waals surface area contributed by atoms with Crippen LogP contribution in [-0.2, 0) is 4.79 Å². The lowest BCUT2D eigenvalue weighted by atomic mass is 9.91. The van der Waals surface area contributed by atoms with Crippen molar-refractivity contribution in [3.05, 3.63) is 54.6 Å². The molecule has 0 aromatic heterocycles. The van der Waals surface area contributed by atoms with Gasteiger partial charge in [-0.05, 0) is 25.0 Å². The first-order valence-corrected chi connectivity index (χ1v) is 9.34. The summed E-state index contributed by atoms with van der Waals surface area (Å²) >= 11 is 0. The molecular formula is C22H29N2O+. The molecule has 0 radical (unpaired) electrons. The molecule has 2 N–H and O–H groups in total. The van der Waals surface area contributed by atoms with Gasteiger partial charge < -0.3 is 10.2 Å². The van der Waals surface area contributed by atoms with Crippen LogP contribution in [0.15, 0.2) is 54.6 Å². The zero-order chi connectivity index (χ0) is 17.8. The number of carbonyl (C=O) groups excluding carboxylic acids is 1. The molecule has 1 fully saturated rings. The number of anilines is 1. The van der Waals surface area contributed by atoms with E-state index in [9.17, 15) is 4.79 Å². The molecule has 1 aliphatic heterocycles. The Morgan fingerprint density at radius 1 is 1.00 bits per heavy atom. The number of benzene rings is 2. The molecule has 3 rings (SSSR count). The largest absolute Gasteiger partial charge is 0.324 e. The first kappa shape index (κ1) is 17.7. The zero-order valence-electron chi connectivity index (χ0n) is 15.5. The molecule has 25 heavy (non-hydrogen) atoms. The molecular weight excluding hydrogens is 308 g/mol. The fraction of sp³-hybridized carbons (Fsp3) is 0.409. The summed E-state index contributed by atoms with van der Waals surface area (Å²) < 4.78 is 0. The Morgan fingerprint density at radius 3 is 2.28 bits per heavy atom. The van der Waals surface area contributed by atoms with Crippen LogP contribution in [0.1, 0.15) is 27.2 Å². The third-order valence-electron chi connectivity index (χ3n) is 5.30. The van der Waals surface area contributed by atoms with Crippen molar-refractivity contribution in [1.82, 2.24) is 0 Å². The number of hydrogen-bond donors (Lipinski definition) is 2. The van der Waals surface area contributed by atoms with Gasteiger partial charge >= 0.3 is 0 Å². The SMILES string of the molecule is C[C@@H]1C[C@@H](C)C[NH+]([C@@H](C)C(=O)Nc2ccccc2-c2ccccc2)C1. The number of piperidine rings is 1. The van der Waals surface area contributed by atoms with Crippen molar-refractivity contribution >= 4 is 11.6 Å². The fourth-order valence-corrected chi connectivity index (χ4v) is 4.07. The van der Waals surface area contributed by atoms with Crippen molar-refractivity contribution in [2.24, 2.45) is 11.8 Å². The quantitative estimate of drug-likeness (QED) is 0.882. The highest BCUT2D eigenvalue weighted by Gasteiger charge is 2.32. The Bertz CT molecular complexity index is 703. The minimum Gasteiger partial charge on any atom is -0.324 e. The van der Waals surface area contributed by atoms with E-state index in [2.05, 4.69) is 44.3 Å². The van der Waals surface area contributed by atoms with Crippen molar-refractivity contribution in [2.75, 3.05) is 18.4 Å². The molecule has 132 valence electrons. The second kappa shape index (κ2) is 7.83. The summed E-state index contributed by atoms with van der Waals surface area (Å²) in [6, 6.07) is 18.2. The van der Waals surface area contributed by atoms with Gasteiger partial charge in [-0.25, -0.2) is 0 Å². The van der Waals surface area contributed by atoms with Crippen LogP contribution in [0.3, 0.4) is 0 Å². The normalized spacial score (nSPS) is 24.5. The first-order valence-electron chi connectivity index (χ1n) is 9.34. The number of likely N-dealkylation sites (tertiary alicyclic amines) is 1. The van der Waals surface area contributed by atoms with Gasteiger partial charge in [0.15, 0.2) is 6.04 Å². The van der Waals surface area contributed by atoms with Crippen molar-refractivity contribution in [3.63, 3.8) is 0 Å². The molecule has 1 amide bonds. The zero-order valence-corrected chi connectivity index (χ0v) is 15.5. The molecule has 1 aliphatic rings. The van der Waals surface area contributed by atoms with E-state index in [0.717, 1.165) is 29.9 Å². The van der Waals surface area contributed by atoms with Gasteiger partial charge in [0.2, 0.25) is 0 Å². The Morgan fingerprint density at radius 2 is 1.60 bits per heavy atom. The van der Waals surface area contributed by atoms with Gasteiger partial charge in [0, 0.05) is 23.1 Å². The fourth-order valence-electron chi connectivity index (χ4n) is 4.07. The highest BCUT2D eigenvalue weighted by Crippen LogP contribution is 2.27. The monoisotopic (exact) mass is 337 g/mol. The van der Waals surface area contributed by atoms with Crippen LogP contribution in [0.2, 0.25) is 0 Å². The maximum absolute atomic E-state index is 12.9. The Labute approximate surface area is 151 Å². The van der Waals surface area contributed by atoms with Crippen molar-refractivity contribution in [1.29, 1.82) is 0 Å². The van der Waals surface area contributed by atoms with Gasteiger partial charge in [-0.1, -0.05) is 62.4 Å². The Hall–Kier alpha value is -2.13. The van der Waals surface area contributed by atoms with Crippen LogP contribution >= 0.6 is 0 Å². The van der Waals surface area contributed by atoms with E-state index >= 15 is 0 Å². The summed E-state index contributed by atoms with van der Waals surface area (Å²) in [6.45, 7) is 8.81. The van der Waals surface area contributed by atoms with Crippen molar-refractivity contribution in [2.45, 2.75) is 33.2 Å². The molecule has 3 atom stereocenters. The number of rotatable bonds is 4. The lowest BCUT2D eigenvalue weighted by Gasteiger charge is -2.35. The topological polar surface area (TPSA) is 33.5 Å². The maximum atomic E-state index is 12.9. The van der Waals surface area contributed by atoms with Gasteiger partial charge in [-0.3, -0.25) is 4.79 Å². The van der Waals surface area contributed by atoms with E-state index in [1.807, 2.05) is 36.4 Å². The van der Waals surface area contributed by atoms with Crippen LogP contribution in [0.25, 0.3) is 11.1 Å². The first-order chi connectivity index (χ1) is 12.0. The molecule has 2 aromatic rings. The van der Waals surface area contributed by atoms with E-state index in [-0.39, 0.29) is 11.9 Å². The summed E-state index contributed by atoms with van der Waals surface area (Å²) in [5, 5.41) is 3.18. The van der Waals surface area contributed by atoms with E-state index in [4.69, 9.17) is 0 Å².